The number of hydrogen-bond acceptors (Lipinski definition) is 9. The van der Waals surface area contributed by atoms with Crippen molar-refractivity contribution in [3.8, 4) is 0 Å². The Balaban J connectivity index is 2.55. The number of hydrogen-bond donors (Lipinski definition) is 8. The van der Waals surface area contributed by atoms with E-state index in [1.54, 1.807) is 24.3 Å². The van der Waals surface area contributed by atoms with E-state index in [9.17, 15) is 19.2 Å². The molecule has 0 spiro atoms. The molecule has 0 aromatic heterocycles. The number of nitrogens with two attached hydrogens (primary N) is 4. The Hall–Kier alpha value is -3.75. The van der Waals surface area contributed by atoms with Gasteiger partial charge in [-0.2, -0.15) is 0 Å². The smallest absolute Gasteiger partial charge is 0.408 e. The van der Waals surface area contributed by atoms with E-state index in [0.717, 1.165) is 5.56 Å². The summed E-state index contributed by atoms with van der Waals surface area (Å²) >= 11 is 0. The fraction of sp³-hybridized carbons (Fsp3) is 0.476. The Bertz CT molecular complexity index is 832. The van der Waals surface area contributed by atoms with Gasteiger partial charge < -0.3 is 48.4 Å². The maximum atomic E-state index is 12.6. The predicted octanol–water partition coefficient (Wildman–Crippen LogP) is -2.68. The van der Waals surface area contributed by atoms with Crippen LogP contribution in [0, 0.1) is 0 Å². The number of rotatable bonds is 16. The van der Waals surface area contributed by atoms with Gasteiger partial charge in [-0.05, 0) is 24.8 Å². The number of amides is 3. The standard InChI is InChI=1S/C21H35N9O5/c22-19(23)26-9-4-7-15(12-31)29-17(32)11-28-18(33)16(8-10-27-20(24)25)30-21(34)35-13-14-5-2-1-3-6-14/h1-3,5-6,12,15-16,20,27H,4,7-11,13,24-25H2,(H,28,33)(H,29,32)(H,30,34)(H4,22,23,26). The zero-order valence-electron chi connectivity index (χ0n) is 19.4. The first-order valence-corrected chi connectivity index (χ1v) is 11.0. The van der Waals surface area contributed by atoms with Crippen molar-refractivity contribution in [2.75, 3.05) is 19.6 Å². The molecule has 14 nitrogen and oxygen atoms in total. The van der Waals surface area contributed by atoms with Gasteiger partial charge in [0.15, 0.2) is 5.96 Å². The van der Waals surface area contributed by atoms with Gasteiger partial charge in [0.2, 0.25) is 11.8 Å². The van der Waals surface area contributed by atoms with E-state index >= 15 is 0 Å². The number of aldehydes is 1. The molecule has 1 rings (SSSR count). The first-order valence-electron chi connectivity index (χ1n) is 11.0. The van der Waals surface area contributed by atoms with Crippen molar-refractivity contribution in [2.24, 2.45) is 27.9 Å². The van der Waals surface area contributed by atoms with Crippen LogP contribution in [0.1, 0.15) is 24.8 Å². The third kappa shape index (κ3) is 14.2. The summed E-state index contributed by atoms with van der Waals surface area (Å²) in [5.41, 5.74) is 22.1. The molecule has 1 aromatic rings. The number of guanidine groups is 1. The lowest BCUT2D eigenvalue weighted by Crippen LogP contribution is -2.52. The first-order chi connectivity index (χ1) is 16.7. The lowest BCUT2D eigenvalue weighted by atomic mass is 10.1. The number of carbonyl (C=O) groups is 4. The maximum Gasteiger partial charge on any atom is 0.408 e. The second-order valence-electron chi connectivity index (χ2n) is 7.50. The van der Waals surface area contributed by atoms with Gasteiger partial charge in [-0.25, -0.2) is 4.79 Å². The van der Waals surface area contributed by atoms with Crippen molar-refractivity contribution in [3.63, 3.8) is 0 Å². The molecule has 0 fully saturated rings. The van der Waals surface area contributed by atoms with E-state index in [4.69, 9.17) is 27.7 Å². The Labute approximate surface area is 203 Å². The second-order valence-corrected chi connectivity index (χ2v) is 7.50. The van der Waals surface area contributed by atoms with E-state index in [1.807, 2.05) is 6.07 Å². The normalized spacial score (nSPS) is 12.2. The molecule has 194 valence electrons. The minimum absolute atomic E-state index is 0.0195. The summed E-state index contributed by atoms with van der Waals surface area (Å²) in [4.78, 5) is 51.9. The molecule has 0 radical (unpaired) electrons. The van der Waals surface area contributed by atoms with E-state index in [1.165, 1.54) is 0 Å². The van der Waals surface area contributed by atoms with Crippen LogP contribution in [-0.2, 0) is 25.7 Å². The van der Waals surface area contributed by atoms with Gasteiger partial charge in [-0.1, -0.05) is 30.3 Å². The lowest BCUT2D eigenvalue weighted by molar-refractivity contribution is -0.128. The van der Waals surface area contributed by atoms with E-state index in [0.29, 0.717) is 25.7 Å². The molecule has 14 heteroatoms. The maximum absolute atomic E-state index is 12.6. The third-order valence-electron chi connectivity index (χ3n) is 4.54. The summed E-state index contributed by atoms with van der Waals surface area (Å²) < 4.78 is 5.15. The summed E-state index contributed by atoms with van der Waals surface area (Å²) in [7, 11) is 0. The number of nitrogens with zero attached hydrogens (tertiary/aromatic N) is 1. The van der Waals surface area contributed by atoms with E-state index in [-0.39, 0.29) is 25.5 Å². The Morgan fingerprint density at radius 3 is 2.40 bits per heavy atom. The first kappa shape index (κ1) is 29.3. The average Bonchev–Trinajstić information content (AvgIpc) is 2.82. The predicted molar refractivity (Wildman–Crippen MR) is 129 cm³/mol. The Kier molecular flexibility index (Phi) is 14.1. The fourth-order valence-corrected chi connectivity index (χ4v) is 2.81. The number of aliphatic imine (C=N–C) groups is 1. The summed E-state index contributed by atoms with van der Waals surface area (Å²) in [5.74, 6) is -1.26. The van der Waals surface area contributed by atoms with Crippen molar-refractivity contribution in [1.29, 1.82) is 0 Å². The van der Waals surface area contributed by atoms with Crippen LogP contribution in [0.5, 0.6) is 0 Å². The topological polar surface area (TPSA) is 242 Å². The van der Waals surface area contributed by atoms with Gasteiger partial charge in [0, 0.05) is 13.1 Å². The zero-order chi connectivity index (χ0) is 26.1. The van der Waals surface area contributed by atoms with E-state index in [2.05, 4.69) is 26.3 Å². The summed E-state index contributed by atoms with van der Waals surface area (Å²) in [6, 6.07) is 7.23. The number of carbonyl (C=O) groups excluding carboxylic acids is 4. The highest BCUT2D eigenvalue weighted by Crippen LogP contribution is 2.02. The van der Waals surface area contributed by atoms with Crippen LogP contribution in [-0.4, -0.2) is 68.2 Å². The van der Waals surface area contributed by atoms with Crippen LogP contribution in [0.25, 0.3) is 0 Å². The molecule has 2 unspecified atom stereocenters. The van der Waals surface area contributed by atoms with Crippen LogP contribution in [0.3, 0.4) is 0 Å². The number of ether oxygens (including phenoxy) is 1. The average molecular weight is 494 g/mol. The van der Waals surface area contributed by atoms with Gasteiger partial charge in [0.25, 0.3) is 0 Å². The minimum Gasteiger partial charge on any atom is -0.445 e. The molecule has 35 heavy (non-hydrogen) atoms. The highest BCUT2D eigenvalue weighted by molar-refractivity contribution is 5.90. The monoisotopic (exact) mass is 493 g/mol. The summed E-state index contributed by atoms with van der Waals surface area (Å²) in [5, 5.41) is 10.1. The van der Waals surface area contributed by atoms with Crippen molar-refractivity contribution in [1.82, 2.24) is 21.3 Å². The Morgan fingerprint density at radius 2 is 1.77 bits per heavy atom. The highest BCUT2D eigenvalue weighted by atomic mass is 16.5. The van der Waals surface area contributed by atoms with Crippen LogP contribution in [0.15, 0.2) is 35.3 Å². The largest absolute Gasteiger partial charge is 0.445 e. The number of alkyl carbamates (subject to hydrolysis) is 1. The molecule has 0 saturated heterocycles. The molecule has 2 atom stereocenters. The zero-order valence-corrected chi connectivity index (χ0v) is 19.4. The molecule has 0 saturated carbocycles. The number of nitrogens with one attached hydrogen (secondary N) is 4. The molecule has 0 aliphatic heterocycles. The van der Waals surface area contributed by atoms with Gasteiger partial charge in [0.1, 0.15) is 25.2 Å². The minimum atomic E-state index is -1.03. The van der Waals surface area contributed by atoms with Gasteiger partial charge in [-0.3, -0.25) is 19.9 Å². The highest BCUT2D eigenvalue weighted by Gasteiger charge is 2.22. The molecular formula is C21H35N9O5. The molecule has 0 aliphatic carbocycles. The molecule has 3 amide bonds. The molecule has 1 aromatic carbocycles. The van der Waals surface area contributed by atoms with Crippen LogP contribution in [0.4, 0.5) is 4.79 Å². The van der Waals surface area contributed by atoms with E-state index < -0.39 is 42.8 Å². The van der Waals surface area contributed by atoms with Crippen molar-refractivity contribution >= 4 is 30.2 Å². The van der Waals surface area contributed by atoms with Crippen LogP contribution < -0.4 is 44.2 Å². The van der Waals surface area contributed by atoms with Crippen LogP contribution in [0.2, 0.25) is 0 Å². The Morgan fingerprint density at radius 1 is 1.06 bits per heavy atom. The second kappa shape index (κ2) is 16.8. The van der Waals surface area contributed by atoms with Crippen LogP contribution >= 0.6 is 0 Å². The quantitative estimate of drug-likeness (QED) is 0.0390. The number of benzene rings is 1. The van der Waals surface area contributed by atoms with Crippen molar-refractivity contribution in [3.05, 3.63) is 35.9 Å². The SMILES string of the molecule is NC(N)=NCCCC(C=O)NC(=O)CNC(=O)C(CCNC(N)N)NC(=O)OCc1ccccc1. The molecular weight excluding hydrogens is 458 g/mol. The summed E-state index contributed by atoms with van der Waals surface area (Å²) in [6.45, 7) is 0.140. The van der Waals surface area contributed by atoms with Crippen molar-refractivity contribution < 1.29 is 23.9 Å². The van der Waals surface area contributed by atoms with Gasteiger partial charge in [0.05, 0.1) is 12.6 Å². The summed E-state index contributed by atoms with van der Waals surface area (Å²) in [6.07, 6.45) is -0.104. The fourth-order valence-electron chi connectivity index (χ4n) is 2.81. The lowest BCUT2D eigenvalue weighted by Gasteiger charge is -2.19. The molecule has 0 bridgehead atoms. The molecule has 12 N–H and O–H groups in total. The van der Waals surface area contributed by atoms with Crippen molar-refractivity contribution in [2.45, 2.75) is 44.2 Å². The molecule has 0 heterocycles. The third-order valence-corrected chi connectivity index (χ3v) is 4.54. The molecule has 0 aliphatic rings. The van der Waals surface area contributed by atoms with Gasteiger partial charge in [-0.15, -0.1) is 0 Å². The van der Waals surface area contributed by atoms with Gasteiger partial charge >= 0.3 is 6.09 Å².